The fourth-order valence-corrected chi connectivity index (χ4v) is 2.91. The molecular formula is C15H22N2O. The van der Waals surface area contributed by atoms with Crippen LogP contribution in [-0.4, -0.2) is 32.3 Å². The van der Waals surface area contributed by atoms with E-state index < -0.39 is 0 Å². The van der Waals surface area contributed by atoms with Gasteiger partial charge in [0, 0.05) is 25.2 Å². The zero-order valence-electron chi connectivity index (χ0n) is 11.2. The molecule has 2 aliphatic rings. The highest BCUT2D eigenvalue weighted by molar-refractivity contribution is 5.59. The molecule has 1 N–H and O–H groups in total. The van der Waals surface area contributed by atoms with E-state index in [0.29, 0.717) is 12.1 Å². The number of nitrogens with one attached hydrogen (secondary N) is 1. The van der Waals surface area contributed by atoms with Crippen molar-refractivity contribution >= 4 is 5.69 Å². The maximum absolute atomic E-state index is 5.50. The third kappa shape index (κ3) is 2.19. The number of nitrogens with zero attached hydrogens (tertiary/aromatic N) is 1. The molecule has 1 aromatic carbocycles. The predicted molar refractivity (Wildman–Crippen MR) is 74.3 cm³/mol. The van der Waals surface area contributed by atoms with Crippen molar-refractivity contribution in [3.8, 4) is 5.75 Å². The molecule has 2 atom stereocenters. The van der Waals surface area contributed by atoms with Gasteiger partial charge in [0.05, 0.1) is 12.8 Å². The van der Waals surface area contributed by atoms with E-state index in [0.717, 1.165) is 24.8 Å². The number of rotatable bonds is 3. The Morgan fingerprint density at radius 3 is 2.78 bits per heavy atom. The third-order valence-corrected chi connectivity index (χ3v) is 4.19. The van der Waals surface area contributed by atoms with Crippen LogP contribution in [0.5, 0.6) is 5.75 Å². The summed E-state index contributed by atoms with van der Waals surface area (Å²) in [6, 6.07) is 9.54. The minimum absolute atomic E-state index is 0.524. The number of piperazine rings is 1. The lowest BCUT2D eigenvalue weighted by Crippen LogP contribution is -2.56. The second kappa shape index (κ2) is 4.81. The molecular weight excluding hydrogens is 224 g/mol. The fourth-order valence-electron chi connectivity index (χ4n) is 2.91. The van der Waals surface area contributed by atoms with Gasteiger partial charge in [-0.3, -0.25) is 0 Å². The van der Waals surface area contributed by atoms with E-state index in [1.54, 1.807) is 7.11 Å². The molecule has 0 aromatic heterocycles. The molecule has 0 radical (unpaired) electrons. The van der Waals surface area contributed by atoms with Crippen LogP contribution in [0.3, 0.4) is 0 Å². The summed E-state index contributed by atoms with van der Waals surface area (Å²) in [5.41, 5.74) is 1.24. The van der Waals surface area contributed by atoms with Crippen LogP contribution in [0.2, 0.25) is 0 Å². The smallest absolute Gasteiger partial charge is 0.142 e. The normalized spacial score (nSPS) is 28.2. The van der Waals surface area contributed by atoms with E-state index in [-0.39, 0.29) is 0 Å². The minimum atomic E-state index is 0.524. The Kier molecular flexibility index (Phi) is 3.16. The average molecular weight is 246 g/mol. The summed E-state index contributed by atoms with van der Waals surface area (Å²) < 4.78 is 5.50. The van der Waals surface area contributed by atoms with Gasteiger partial charge in [0.25, 0.3) is 0 Å². The summed E-state index contributed by atoms with van der Waals surface area (Å²) in [5, 5.41) is 3.69. The van der Waals surface area contributed by atoms with Crippen molar-refractivity contribution in [1.29, 1.82) is 0 Å². The van der Waals surface area contributed by atoms with Crippen molar-refractivity contribution in [3.63, 3.8) is 0 Å². The molecule has 0 bridgehead atoms. The van der Waals surface area contributed by atoms with Gasteiger partial charge in [-0.2, -0.15) is 0 Å². The molecule has 98 valence electrons. The van der Waals surface area contributed by atoms with Crippen LogP contribution in [0.15, 0.2) is 24.3 Å². The lowest BCUT2D eigenvalue weighted by atomic mass is 10.0. The molecule has 3 rings (SSSR count). The Balaban J connectivity index is 1.83. The standard InChI is InChI=1S/C15H22N2O/c1-11-9-16-13(12-7-8-12)10-17(11)14-5-3-4-6-15(14)18-2/h3-6,11-13,16H,7-10H2,1-2H3. The Morgan fingerprint density at radius 2 is 2.06 bits per heavy atom. The summed E-state index contributed by atoms with van der Waals surface area (Å²) in [4.78, 5) is 2.50. The number of hydrogen-bond donors (Lipinski definition) is 1. The Morgan fingerprint density at radius 1 is 1.28 bits per heavy atom. The highest BCUT2D eigenvalue weighted by Gasteiger charge is 2.36. The van der Waals surface area contributed by atoms with Gasteiger partial charge >= 0.3 is 0 Å². The van der Waals surface area contributed by atoms with Gasteiger partial charge in [0.15, 0.2) is 0 Å². The van der Waals surface area contributed by atoms with Crippen molar-refractivity contribution in [1.82, 2.24) is 5.32 Å². The molecule has 2 fully saturated rings. The molecule has 3 nitrogen and oxygen atoms in total. The molecule has 0 amide bonds. The van der Waals surface area contributed by atoms with Gasteiger partial charge in [-0.1, -0.05) is 12.1 Å². The number of anilines is 1. The number of ether oxygens (including phenoxy) is 1. The SMILES string of the molecule is COc1ccccc1N1CC(C2CC2)NCC1C. The van der Waals surface area contributed by atoms with E-state index in [4.69, 9.17) is 4.74 Å². The first kappa shape index (κ1) is 11.8. The van der Waals surface area contributed by atoms with Crippen LogP contribution in [0.25, 0.3) is 0 Å². The number of hydrogen-bond acceptors (Lipinski definition) is 3. The summed E-state index contributed by atoms with van der Waals surface area (Å²) in [6.07, 6.45) is 2.79. The quantitative estimate of drug-likeness (QED) is 0.885. The maximum atomic E-state index is 5.50. The van der Waals surface area contributed by atoms with E-state index in [1.807, 2.05) is 6.07 Å². The number of methoxy groups -OCH3 is 1. The van der Waals surface area contributed by atoms with Crippen LogP contribution < -0.4 is 15.0 Å². The van der Waals surface area contributed by atoms with Crippen molar-refractivity contribution in [2.24, 2.45) is 5.92 Å². The van der Waals surface area contributed by atoms with Gasteiger partial charge < -0.3 is 15.0 Å². The van der Waals surface area contributed by atoms with Crippen LogP contribution in [-0.2, 0) is 0 Å². The second-order valence-corrected chi connectivity index (χ2v) is 5.53. The topological polar surface area (TPSA) is 24.5 Å². The Labute approximate surface area is 109 Å². The lowest BCUT2D eigenvalue weighted by molar-refractivity contribution is 0.367. The minimum Gasteiger partial charge on any atom is -0.495 e. The first-order chi connectivity index (χ1) is 8.79. The molecule has 3 heteroatoms. The largest absolute Gasteiger partial charge is 0.495 e. The maximum Gasteiger partial charge on any atom is 0.142 e. The van der Waals surface area contributed by atoms with Crippen LogP contribution in [0, 0.1) is 5.92 Å². The average Bonchev–Trinajstić information content (AvgIpc) is 3.24. The highest BCUT2D eigenvalue weighted by atomic mass is 16.5. The van der Waals surface area contributed by atoms with E-state index in [9.17, 15) is 0 Å². The molecule has 1 aliphatic carbocycles. The molecule has 1 aromatic rings. The van der Waals surface area contributed by atoms with Gasteiger partial charge in [-0.25, -0.2) is 0 Å². The number of para-hydroxylation sites is 2. The molecule has 1 heterocycles. The Bertz CT molecular complexity index is 417. The summed E-state index contributed by atoms with van der Waals surface area (Å²) in [5.74, 6) is 1.88. The lowest BCUT2D eigenvalue weighted by Gasteiger charge is -2.41. The second-order valence-electron chi connectivity index (χ2n) is 5.53. The zero-order chi connectivity index (χ0) is 12.5. The molecule has 1 saturated carbocycles. The summed E-state index contributed by atoms with van der Waals surface area (Å²) in [7, 11) is 1.75. The molecule has 2 unspecified atom stereocenters. The monoisotopic (exact) mass is 246 g/mol. The van der Waals surface area contributed by atoms with Crippen molar-refractivity contribution in [2.45, 2.75) is 31.8 Å². The Hall–Kier alpha value is -1.22. The molecule has 18 heavy (non-hydrogen) atoms. The van der Waals surface area contributed by atoms with Crippen molar-refractivity contribution in [3.05, 3.63) is 24.3 Å². The fraction of sp³-hybridized carbons (Fsp3) is 0.600. The van der Waals surface area contributed by atoms with Gasteiger partial charge in [0.1, 0.15) is 5.75 Å². The van der Waals surface area contributed by atoms with Gasteiger partial charge in [-0.05, 0) is 37.8 Å². The van der Waals surface area contributed by atoms with Gasteiger partial charge in [-0.15, -0.1) is 0 Å². The number of benzene rings is 1. The predicted octanol–water partition coefficient (Wildman–Crippen LogP) is 2.27. The first-order valence-electron chi connectivity index (χ1n) is 6.92. The van der Waals surface area contributed by atoms with E-state index >= 15 is 0 Å². The molecule has 0 spiro atoms. The summed E-state index contributed by atoms with van der Waals surface area (Å²) >= 11 is 0. The molecule has 1 aliphatic heterocycles. The van der Waals surface area contributed by atoms with E-state index in [2.05, 4.69) is 35.3 Å². The third-order valence-electron chi connectivity index (χ3n) is 4.19. The van der Waals surface area contributed by atoms with E-state index in [1.165, 1.54) is 18.5 Å². The van der Waals surface area contributed by atoms with Crippen LogP contribution in [0.4, 0.5) is 5.69 Å². The first-order valence-corrected chi connectivity index (χ1v) is 6.92. The van der Waals surface area contributed by atoms with Crippen LogP contribution in [0.1, 0.15) is 19.8 Å². The zero-order valence-corrected chi connectivity index (χ0v) is 11.2. The molecule has 1 saturated heterocycles. The highest BCUT2D eigenvalue weighted by Crippen LogP contribution is 2.37. The van der Waals surface area contributed by atoms with Crippen LogP contribution >= 0.6 is 0 Å². The van der Waals surface area contributed by atoms with Crippen molar-refractivity contribution in [2.75, 3.05) is 25.1 Å². The van der Waals surface area contributed by atoms with Crippen molar-refractivity contribution < 1.29 is 4.74 Å². The van der Waals surface area contributed by atoms with Gasteiger partial charge in [0.2, 0.25) is 0 Å². The summed E-state index contributed by atoms with van der Waals surface area (Å²) in [6.45, 7) is 4.45.